The van der Waals surface area contributed by atoms with Crippen LogP contribution in [0.5, 0.6) is 0 Å². The molecule has 0 radical (unpaired) electrons. The summed E-state index contributed by atoms with van der Waals surface area (Å²) >= 11 is 0. The number of aromatic nitrogens is 3. The number of carbonyl (C=O) groups excluding carboxylic acids is 1. The summed E-state index contributed by atoms with van der Waals surface area (Å²) in [4.78, 5) is 15.8. The Morgan fingerprint density at radius 2 is 2.16 bits per heavy atom. The molecule has 0 bridgehead atoms. The van der Waals surface area contributed by atoms with Gasteiger partial charge in [-0.2, -0.15) is 5.10 Å². The molecular weight excluding hydrogens is 242 g/mol. The van der Waals surface area contributed by atoms with Crippen molar-refractivity contribution in [1.29, 1.82) is 0 Å². The Hall–Kier alpha value is -2.37. The Morgan fingerprint density at radius 1 is 1.42 bits per heavy atom. The summed E-state index contributed by atoms with van der Waals surface area (Å²) in [6.07, 6.45) is 0. The van der Waals surface area contributed by atoms with E-state index in [1.807, 2.05) is 26.0 Å². The fourth-order valence-electron chi connectivity index (χ4n) is 1.84. The molecule has 2 rings (SSSR count). The average Bonchev–Trinajstić information content (AvgIpc) is 2.66. The topological polar surface area (TPSA) is 85.8 Å². The molecule has 0 aromatic carbocycles. The van der Waals surface area contributed by atoms with Gasteiger partial charge in [-0.25, -0.2) is 4.98 Å². The molecule has 0 fully saturated rings. The van der Waals surface area contributed by atoms with E-state index in [-0.39, 0.29) is 5.91 Å². The molecule has 0 atom stereocenters. The first-order chi connectivity index (χ1) is 9.02. The SMILES string of the molecule is CNC(=O)c1cccc(Cn2nc(C)c(N)c2C)n1. The van der Waals surface area contributed by atoms with Crippen LogP contribution in [-0.4, -0.2) is 27.7 Å². The Bertz CT molecular complexity index is 617. The number of hydrogen-bond acceptors (Lipinski definition) is 4. The van der Waals surface area contributed by atoms with Gasteiger partial charge in [-0.1, -0.05) is 6.07 Å². The second kappa shape index (κ2) is 5.09. The first kappa shape index (κ1) is 13.1. The van der Waals surface area contributed by atoms with Gasteiger partial charge in [-0.15, -0.1) is 0 Å². The van der Waals surface area contributed by atoms with Gasteiger partial charge in [0.05, 0.1) is 29.3 Å². The number of nitrogens with two attached hydrogens (primary N) is 1. The molecular formula is C13H17N5O. The van der Waals surface area contributed by atoms with Gasteiger partial charge in [0.2, 0.25) is 0 Å². The minimum Gasteiger partial charge on any atom is -0.396 e. The minimum atomic E-state index is -0.199. The highest BCUT2D eigenvalue weighted by molar-refractivity contribution is 5.91. The number of pyridine rings is 1. The van der Waals surface area contributed by atoms with Crippen molar-refractivity contribution in [3.63, 3.8) is 0 Å². The summed E-state index contributed by atoms with van der Waals surface area (Å²) in [5.74, 6) is -0.199. The molecule has 0 saturated carbocycles. The van der Waals surface area contributed by atoms with Crippen molar-refractivity contribution in [3.05, 3.63) is 41.0 Å². The molecule has 2 heterocycles. The Morgan fingerprint density at radius 3 is 2.74 bits per heavy atom. The van der Waals surface area contributed by atoms with Crippen LogP contribution in [0.25, 0.3) is 0 Å². The summed E-state index contributed by atoms with van der Waals surface area (Å²) in [5, 5.41) is 6.90. The smallest absolute Gasteiger partial charge is 0.269 e. The number of nitrogens with zero attached hydrogens (tertiary/aromatic N) is 3. The second-order valence-electron chi connectivity index (χ2n) is 4.34. The van der Waals surface area contributed by atoms with Crippen LogP contribution in [0.3, 0.4) is 0 Å². The summed E-state index contributed by atoms with van der Waals surface area (Å²) in [6, 6.07) is 5.35. The van der Waals surface area contributed by atoms with Gasteiger partial charge < -0.3 is 11.1 Å². The minimum absolute atomic E-state index is 0.199. The fourth-order valence-corrected chi connectivity index (χ4v) is 1.84. The van der Waals surface area contributed by atoms with Crippen molar-refractivity contribution in [3.8, 4) is 0 Å². The van der Waals surface area contributed by atoms with Gasteiger partial charge in [0.25, 0.3) is 5.91 Å². The molecule has 0 unspecified atom stereocenters. The fraction of sp³-hybridized carbons (Fsp3) is 0.308. The number of amides is 1. The molecule has 0 aliphatic carbocycles. The number of nitrogens with one attached hydrogen (secondary N) is 1. The maximum absolute atomic E-state index is 11.5. The zero-order chi connectivity index (χ0) is 14.0. The lowest BCUT2D eigenvalue weighted by Gasteiger charge is -2.06. The van der Waals surface area contributed by atoms with Crippen LogP contribution in [-0.2, 0) is 6.54 Å². The molecule has 2 aromatic rings. The number of anilines is 1. The van der Waals surface area contributed by atoms with Crippen LogP contribution in [0.4, 0.5) is 5.69 Å². The Kier molecular flexibility index (Phi) is 3.50. The van der Waals surface area contributed by atoms with Gasteiger partial charge in [0.1, 0.15) is 5.69 Å². The summed E-state index contributed by atoms with van der Waals surface area (Å²) < 4.78 is 1.79. The maximum Gasteiger partial charge on any atom is 0.269 e. The van der Waals surface area contributed by atoms with Crippen molar-refractivity contribution >= 4 is 11.6 Å². The first-order valence-electron chi connectivity index (χ1n) is 6.00. The van der Waals surface area contributed by atoms with E-state index in [9.17, 15) is 4.79 Å². The Labute approximate surface area is 111 Å². The lowest BCUT2D eigenvalue weighted by molar-refractivity contribution is 0.0958. The molecule has 6 heteroatoms. The molecule has 1 amide bonds. The molecule has 0 spiro atoms. The average molecular weight is 259 g/mol. The normalized spacial score (nSPS) is 10.5. The zero-order valence-corrected chi connectivity index (χ0v) is 11.3. The molecule has 0 aliphatic rings. The highest BCUT2D eigenvalue weighted by Gasteiger charge is 2.10. The largest absolute Gasteiger partial charge is 0.396 e. The number of aryl methyl sites for hydroxylation is 1. The molecule has 6 nitrogen and oxygen atoms in total. The predicted molar refractivity (Wildman–Crippen MR) is 72.8 cm³/mol. The molecule has 0 aliphatic heterocycles. The third-order valence-electron chi connectivity index (χ3n) is 3.02. The van der Waals surface area contributed by atoms with Crippen LogP contribution < -0.4 is 11.1 Å². The maximum atomic E-state index is 11.5. The van der Waals surface area contributed by atoms with Crippen molar-refractivity contribution in [1.82, 2.24) is 20.1 Å². The van der Waals surface area contributed by atoms with E-state index in [1.165, 1.54) is 0 Å². The highest BCUT2D eigenvalue weighted by Crippen LogP contribution is 2.15. The molecule has 100 valence electrons. The van der Waals surface area contributed by atoms with Crippen LogP contribution in [0.2, 0.25) is 0 Å². The van der Waals surface area contributed by atoms with Crippen LogP contribution >= 0.6 is 0 Å². The van der Waals surface area contributed by atoms with Gasteiger partial charge >= 0.3 is 0 Å². The van der Waals surface area contributed by atoms with Crippen molar-refractivity contribution in [2.45, 2.75) is 20.4 Å². The van der Waals surface area contributed by atoms with Crippen molar-refractivity contribution < 1.29 is 4.79 Å². The lowest BCUT2D eigenvalue weighted by atomic mass is 10.3. The summed E-state index contributed by atoms with van der Waals surface area (Å²) in [5.41, 5.74) is 9.47. The second-order valence-corrected chi connectivity index (χ2v) is 4.34. The number of hydrogen-bond donors (Lipinski definition) is 2. The summed E-state index contributed by atoms with van der Waals surface area (Å²) in [6.45, 7) is 4.28. The number of rotatable bonds is 3. The van der Waals surface area contributed by atoms with Gasteiger partial charge in [-0.05, 0) is 26.0 Å². The van der Waals surface area contributed by atoms with E-state index in [4.69, 9.17) is 5.73 Å². The van der Waals surface area contributed by atoms with Gasteiger partial charge in [0.15, 0.2) is 0 Å². The van der Waals surface area contributed by atoms with Crippen molar-refractivity contribution in [2.75, 3.05) is 12.8 Å². The predicted octanol–water partition coefficient (Wildman–Crippen LogP) is 0.885. The zero-order valence-electron chi connectivity index (χ0n) is 11.3. The Balaban J connectivity index is 2.28. The van der Waals surface area contributed by atoms with Crippen LogP contribution in [0, 0.1) is 13.8 Å². The molecule has 19 heavy (non-hydrogen) atoms. The highest BCUT2D eigenvalue weighted by atomic mass is 16.1. The number of carbonyl (C=O) groups is 1. The van der Waals surface area contributed by atoms with E-state index < -0.39 is 0 Å². The molecule has 3 N–H and O–H groups in total. The van der Waals surface area contributed by atoms with Gasteiger partial charge in [0, 0.05) is 7.05 Å². The monoisotopic (exact) mass is 259 g/mol. The first-order valence-corrected chi connectivity index (χ1v) is 6.00. The molecule has 2 aromatic heterocycles. The van der Waals surface area contributed by atoms with E-state index in [0.717, 1.165) is 17.1 Å². The van der Waals surface area contributed by atoms with E-state index in [0.29, 0.717) is 17.9 Å². The van der Waals surface area contributed by atoms with Crippen LogP contribution in [0.15, 0.2) is 18.2 Å². The quantitative estimate of drug-likeness (QED) is 0.857. The lowest BCUT2D eigenvalue weighted by Crippen LogP contribution is -2.20. The van der Waals surface area contributed by atoms with E-state index in [2.05, 4.69) is 15.4 Å². The summed E-state index contributed by atoms with van der Waals surface area (Å²) in [7, 11) is 1.58. The van der Waals surface area contributed by atoms with E-state index in [1.54, 1.807) is 17.8 Å². The molecule has 0 saturated heterocycles. The van der Waals surface area contributed by atoms with Crippen LogP contribution in [0.1, 0.15) is 27.6 Å². The van der Waals surface area contributed by atoms with E-state index >= 15 is 0 Å². The van der Waals surface area contributed by atoms with Gasteiger partial charge in [-0.3, -0.25) is 9.48 Å². The standard InChI is InChI=1S/C13H17N5O/c1-8-12(14)9(2)18(17-8)7-10-5-4-6-11(16-10)13(19)15-3/h4-6H,7,14H2,1-3H3,(H,15,19). The third kappa shape index (κ3) is 2.57. The van der Waals surface area contributed by atoms with Crippen molar-refractivity contribution in [2.24, 2.45) is 0 Å². The third-order valence-corrected chi connectivity index (χ3v) is 3.02. The number of nitrogen functional groups attached to an aromatic ring is 1.